The number of carbonyl (C=O) groups is 3. The Morgan fingerprint density at radius 3 is 2.39 bits per heavy atom. The molecule has 1 fully saturated rings. The van der Waals surface area contributed by atoms with Crippen molar-refractivity contribution in [3.63, 3.8) is 0 Å². The van der Waals surface area contributed by atoms with Crippen molar-refractivity contribution < 1.29 is 23.5 Å². The molecular formula is C30H26FN3O4. The van der Waals surface area contributed by atoms with Gasteiger partial charge in [0.2, 0.25) is 0 Å². The molecule has 4 amide bonds. The van der Waals surface area contributed by atoms with E-state index in [0.717, 1.165) is 51.2 Å². The third-order valence-corrected chi connectivity index (χ3v) is 6.31. The topological polar surface area (TPSA) is 80.6 Å². The number of hydrogen-bond acceptors (Lipinski definition) is 4. The second-order valence-electron chi connectivity index (χ2n) is 9.25. The average molecular weight is 512 g/mol. The lowest BCUT2D eigenvalue weighted by atomic mass is 10.1. The molecule has 1 aromatic heterocycles. The summed E-state index contributed by atoms with van der Waals surface area (Å²) in [6.45, 7) is 5.26. The van der Waals surface area contributed by atoms with E-state index in [4.69, 9.17) is 4.74 Å². The summed E-state index contributed by atoms with van der Waals surface area (Å²) < 4.78 is 21.4. The van der Waals surface area contributed by atoms with Crippen molar-refractivity contribution in [3.8, 4) is 5.75 Å². The van der Waals surface area contributed by atoms with Crippen LogP contribution in [0.15, 0.2) is 78.5 Å². The molecule has 5 rings (SSSR count). The molecule has 1 aliphatic heterocycles. The number of anilines is 1. The molecule has 1 saturated heterocycles. The first-order chi connectivity index (χ1) is 18.3. The maximum Gasteiger partial charge on any atom is 0.335 e. The molecule has 7 nitrogen and oxygen atoms in total. The summed E-state index contributed by atoms with van der Waals surface area (Å²) in [5, 5.41) is 3.07. The number of nitrogens with one attached hydrogen (secondary N) is 1. The van der Waals surface area contributed by atoms with Gasteiger partial charge in [-0.25, -0.2) is 14.1 Å². The number of aryl methyl sites for hydroxylation is 3. The van der Waals surface area contributed by atoms with Crippen molar-refractivity contribution in [2.24, 2.45) is 0 Å². The number of rotatable bonds is 7. The highest BCUT2D eigenvalue weighted by molar-refractivity contribution is 6.39. The van der Waals surface area contributed by atoms with Crippen LogP contribution in [0.1, 0.15) is 23.1 Å². The summed E-state index contributed by atoms with van der Waals surface area (Å²) >= 11 is 0. The van der Waals surface area contributed by atoms with Crippen molar-refractivity contribution in [1.82, 2.24) is 9.88 Å². The molecule has 192 valence electrons. The predicted octanol–water partition coefficient (Wildman–Crippen LogP) is 5.53. The van der Waals surface area contributed by atoms with Gasteiger partial charge in [-0.2, -0.15) is 0 Å². The lowest BCUT2D eigenvalue weighted by Crippen LogP contribution is -2.54. The van der Waals surface area contributed by atoms with Gasteiger partial charge in [-0.05, 0) is 79.9 Å². The van der Waals surface area contributed by atoms with Crippen LogP contribution in [0.25, 0.3) is 17.0 Å². The van der Waals surface area contributed by atoms with Crippen LogP contribution in [-0.4, -0.2) is 29.0 Å². The second kappa shape index (κ2) is 10.3. The number of nitrogens with zero attached hydrogens (tertiary/aromatic N) is 2. The van der Waals surface area contributed by atoms with Gasteiger partial charge in [0, 0.05) is 29.2 Å². The minimum atomic E-state index is -0.880. The van der Waals surface area contributed by atoms with E-state index in [2.05, 4.69) is 16.0 Å². The van der Waals surface area contributed by atoms with Gasteiger partial charge in [-0.3, -0.25) is 14.9 Å². The molecule has 0 unspecified atom stereocenters. The Bertz CT molecular complexity index is 1570. The molecule has 0 atom stereocenters. The molecule has 4 aromatic rings. The Labute approximate surface area is 219 Å². The fourth-order valence-electron chi connectivity index (χ4n) is 4.65. The summed E-state index contributed by atoms with van der Waals surface area (Å²) in [5.74, 6) is -1.22. The molecule has 1 aliphatic rings. The number of carbonyl (C=O) groups excluding carboxylic acids is 3. The largest absolute Gasteiger partial charge is 0.494 e. The van der Waals surface area contributed by atoms with Crippen LogP contribution in [-0.2, 0) is 16.1 Å². The van der Waals surface area contributed by atoms with E-state index < -0.39 is 23.7 Å². The quantitative estimate of drug-likeness (QED) is 0.201. The number of benzene rings is 3. The molecule has 0 bridgehead atoms. The average Bonchev–Trinajstić information content (AvgIpc) is 3.22. The van der Waals surface area contributed by atoms with E-state index in [-0.39, 0.29) is 11.3 Å². The fourth-order valence-corrected chi connectivity index (χ4v) is 4.65. The molecule has 3 aromatic carbocycles. The molecule has 0 saturated carbocycles. The molecule has 0 spiro atoms. The highest BCUT2D eigenvalue weighted by Crippen LogP contribution is 2.27. The van der Waals surface area contributed by atoms with Crippen molar-refractivity contribution in [1.29, 1.82) is 0 Å². The Balaban J connectivity index is 1.39. The Morgan fingerprint density at radius 1 is 0.947 bits per heavy atom. The molecule has 1 N–H and O–H groups in total. The van der Waals surface area contributed by atoms with Crippen LogP contribution in [0.5, 0.6) is 5.75 Å². The lowest BCUT2D eigenvalue weighted by Gasteiger charge is -2.26. The minimum Gasteiger partial charge on any atom is -0.494 e. The van der Waals surface area contributed by atoms with Gasteiger partial charge in [0.05, 0.1) is 12.3 Å². The van der Waals surface area contributed by atoms with E-state index in [9.17, 15) is 18.8 Å². The normalized spacial score (nSPS) is 14.9. The minimum absolute atomic E-state index is 0.165. The first kappa shape index (κ1) is 25.0. The Kier molecular flexibility index (Phi) is 6.79. The van der Waals surface area contributed by atoms with Gasteiger partial charge in [-0.1, -0.05) is 24.3 Å². The summed E-state index contributed by atoms with van der Waals surface area (Å²) in [7, 11) is 0. The maximum atomic E-state index is 13.4. The highest BCUT2D eigenvalue weighted by Gasteiger charge is 2.37. The number of para-hydroxylation sites is 1. The Hall–Kier alpha value is -4.72. The van der Waals surface area contributed by atoms with E-state index in [1.165, 1.54) is 18.2 Å². The third-order valence-electron chi connectivity index (χ3n) is 6.31. The fraction of sp³-hybridized carbons (Fsp3) is 0.167. The SMILES string of the molecule is Cc1cc(C)cc(OCCCn2cc(/C=C3/C(=O)NC(=O)N(c4ccc(F)cc4)C3=O)c3ccccc32)c1. The summed E-state index contributed by atoms with van der Waals surface area (Å²) in [4.78, 5) is 39.2. The number of amides is 4. The lowest BCUT2D eigenvalue weighted by molar-refractivity contribution is -0.122. The van der Waals surface area contributed by atoms with E-state index in [1.807, 2.05) is 56.4 Å². The standard InChI is InChI=1S/C30H26FN3O4/c1-19-14-20(2)16-24(15-19)38-13-5-12-33-18-21(25-6-3-4-7-27(25)33)17-26-28(35)32-30(37)34(29(26)36)23-10-8-22(31)9-11-23/h3-4,6-11,14-18H,5,12-13H2,1-2H3,(H,32,35,37)/b26-17-. The summed E-state index contributed by atoms with van der Waals surface area (Å²) in [6.07, 6.45) is 4.12. The first-order valence-electron chi connectivity index (χ1n) is 12.3. The molecular weight excluding hydrogens is 485 g/mol. The zero-order chi connectivity index (χ0) is 26.8. The van der Waals surface area contributed by atoms with Gasteiger partial charge >= 0.3 is 6.03 Å². The predicted molar refractivity (Wildman–Crippen MR) is 143 cm³/mol. The zero-order valence-corrected chi connectivity index (χ0v) is 21.0. The Morgan fingerprint density at radius 2 is 1.66 bits per heavy atom. The second-order valence-corrected chi connectivity index (χ2v) is 9.25. The molecule has 0 aliphatic carbocycles. The number of halogens is 1. The monoisotopic (exact) mass is 511 g/mol. The summed E-state index contributed by atoms with van der Waals surface area (Å²) in [5.41, 5.74) is 3.89. The highest BCUT2D eigenvalue weighted by atomic mass is 19.1. The van der Waals surface area contributed by atoms with Gasteiger partial charge in [0.15, 0.2) is 0 Å². The van der Waals surface area contributed by atoms with Crippen molar-refractivity contribution in [2.75, 3.05) is 11.5 Å². The van der Waals surface area contributed by atoms with Crippen LogP contribution >= 0.6 is 0 Å². The molecule has 8 heteroatoms. The van der Waals surface area contributed by atoms with Gasteiger partial charge in [0.1, 0.15) is 17.1 Å². The molecule has 38 heavy (non-hydrogen) atoms. The van der Waals surface area contributed by atoms with Crippen LogP contribution in [0, 0.1) is 19.7 Å². The maximum absolute atomic E-state index is 13.4. The number of fused-ring (bicyclic) bond motifs is 1. The number of urea groups is 1. The number of ether oxygens (including phenoxy) is 1. The number of hydrogen-bond donors (Lipinski definition) is 1. The third kappa shape index (κ3) is 5.06. The van der Waals surface area contributed by atoms with E-state index in [1.54, 1.807) is 0 Å². The van der Waals surface area contributed by atoms with Crippen LogP contribution in [0.3, 0.4) is 0 Å². The number of imide groups is 2. The van der Waals surface area contributed by atoms with Crippen LogP contribution < -0.4 is 15.0 Å². The van der Waals surface area contributed by atoms with Gasteiger partial charge < -0.3 is 9.30 Å². The zero-order valence-electron chi connectivity index (χ0n) is 21.0. The van der Waals surface area contributed by atoms with E-state index >= 15 is 0 Å². The summed E-state index contributed by atoms with van der Waals surface area (Å²) in [6, 6.07) is 17.8. The van der Waals surface area contributed by atoms with Crippen LogP contribution in [0.4, 0.5) is 14.9 Å². The first-order valence-corrected chi connectivity index (χ1v) is 12.3. The van der Waals surface area contributed by atoms with Crippen molar-refractivity contribution in [2.45, 2.75) is 26.8 Å². The smallest absolute Gasteiger partial charge is 0.335 e. The van der Waals surface area contributed by atoms with Crippen LogP contribution in [0.2, 0.25) is 0 Å². The number of aromatic nitrogens is 1. The number of barbiturate groups is 1. The van der Waals surface area contributed by atoms with Gasteiger partial charge in [-0.15, -0.1) is 0 Å². The molecule has 2 heterocycles. The van der Waals surface area contributed by atoms with Gasteiger partial charge in [0.25, 0.3) is 11.8 Å². The van der Waals surface area contributed by atoms with E-state index in [0.29, 0.717) is 18.7 Å². The van der Waals surface area contributed by atoms with Crippen molar-refractivity contribution >= 4 is 40.5 Å². The van der Waals surface area contributed by atoms with Crippen molar-refractivity contribution in [3.05, 3.63) is 101 Å². The molecule has 0 radical (unpaired) electrons.